The number of nitrogens with one attached hydrogen (secondary N) is 2. The van der Waals surface area contributed by atoms with Crippen molar-refractivity contribution in [3.63, 3.8) is 0 Å². The Morgan fingerprint density at radius 3 is 1.74 bits per heavy atom. The molecule has 2 rings (SSSR count). The van der Waals surface area contributed by atoms with Gasteiger partial charge in [-0.15, -0.1) is 0 Å². The van der Waals surface area contributed by atoms with Crippen molar-refractivity contribution in [2.24, 2.45) is 0 Å². The van der Waals surface area contributed by atoms with E-state index < -0.39 is 5.91 Å². The topological polar surface area (TPSA) is 116 Å². The van der Waals surface area contributed by atoms with Gasteiger partial charge in [0.15, 0.2) is 0 Å². The zero-order valence-electron chi connectivity index (χ0n) is 13.2. The first-order valence-electron chi connectivity index (χ1n) is 7.21. The number of amides is 4. The Hall–Kier alpha value is -2.32. The largest absolute Gasteiger partial charge is 0.396 e. The van der Waals surface area contributed by atoms with Gasteiger partial charge in [0.2, 0.25) is 0 Å². The molecule has 126 valence electrons. The van der Waals surface area contributed by atoms with Gasteiger partial charge in [0.05, 0.1) is 0 Å². The van der Waals surface area contributed by atoms with E-state index in [1.165, 1.54) is 12.2 Å². The molecule has 8 heteroatoms. The van der Waals surface area contributed by atoms with Crippen LogP contribution in [0.1, 0.15) is 19.3 Å². The van der Waals surface area contributed by atoms with E-state index in [0.717, 1.165) is 13.0 Å². The van der Waals surface area contributed by atoms with Crippen LogP contribution in [0.5, 0.6) is 0 Å². The molecule has 23 heavy (non-hydrogen) atoms. The quantitative estimate of drug-likeness (QED) is 0.532. The number of nitrogens with zero attached hydrogens (tertiary/aromatic N) is 1. The van der Waals surface area contributed by atoms with Crippen molar-refractivity contribution in [3.05, 3.63) is 23.3 Å². The summed E-state index contributed by atoms with van der Waals surface area (Å²) >= 11 is 0. The second-order valence-electron chi connectivity index (χ2n) is 5.36. The number of imide groups is 2. The molecule has 0 aromatic heterocycles. The molecule has 0 unspecified atom stereocenters. The lowest BCUT2D eigenvalue weighted by molar-refractivity contribution is -0.125. The van der Waals surface area contributed by atoms with E-state index in [2.05, 4.69) is 15.5 Å². The highest BCUT2D eigenvalue weighted by Gasteiger charge is 2.20. The van der Waals surface area contributed by atoms with E-state index in [-0.39, 0.29) is 30.7 Å². The highest BCUT2D eigenvalue weighted by Crippen LogP contribution is 2.09. The Morgan fingerprint density at radius 1 is 0.913 bits per heavy atom. The van der Waals surface area contributed by atoms with Gasteiger partial charge in [-0.05, 0) is 33.5 Å². The molecule has 2 aliphatic heterocycles. The van der Waals surface area contributed by atoms with Gasteiger partial charge in [-0.1, -0.05) is 0 Å². The molecule has 2 heterocycles. The lowest BCUT2D eigenvalue weighted by Crippen LogP contribution is -2.22. The lowest BCUT2D eigenvalue weighted by atomic mass is 10.1. The fourth-order valence-corrected chi connectivity index (χ4v) is 1.98. The summed E-state index contributed by atoms with van der Waals surface area (Å²) in [5.74, 6) is -1.30. The molecule has 0 atom stereocenters. The third-order valence-corrected chi connectivity index (χ3v) is 3.10. The zero-order chi connectivity index (χ0) is 17.4. The number of aliphatic hydroxyl groups is 1. The van der Waals surface area contributed by atoms with Crippen molar-refractivity contribution in [1.29, 1.82) is 0 Å². The number of hydrogen-bond donors (Lipinski definition) is 3. The van der Waals surface area contributed by atoms with Crippen LogP contribution in [0.4, 0.5) is 0 Å². The molecule has 0 spiro atoms. The van der Waals surface area contributed by atoms with Gasteiger partial charge >= 0.3 is 0 Å². The molecule has 3 N–H and O–H groups in total. The Bertz CT molecular complexity index is 563. The van der Waals surface area contributed by atoms with Crippen molar-refractivity contribution in [1.82, 2.24) is 15.5 Å². The van der Waals surface area contributed by atoms with Gasteiger partial charge in [-0.25, -0.2) is 0 Å². The first-order valence-corrected chi connectivity index (χ1v) is 7.21. The van der Waals surface area contributed by atoms with Crippen molar-refractivity contribution < 1.29 is 24.3 Å². The van der Waals surface area contributed by atoms with Gasteiger partial charge in [0, 0.05) is 36.3 Å². The number of carbonyl (C=O) groups excluding carboxylic acids is 4. The molecule has 0 aliphatic carbocycles. The predicted octanol–water partition coefficient (Wildman–Crippen LogP) is -1.14. The van der Waals surface area contributed by atoms with Crippen LogP contribution in [0.15, 0.2) is 23.3 Å². The molecule has 0 aromatic carbocycles. The highest BCUT2D eigenvalue weighted by atomic mass is 16.3. The predicted molar refractivity (Wildman–Crippen MR) is 82.0 cm³/mol. The van der Waals surface area contributed by atoms with E-state index in [4.69, 9.17) is 5.11 Å². The molecular formula is C15H21N3O5. The third-order valence-electron chi connectivity index (χ3n) is 3.10. The van der Waals surface area contributed by atoms with Crippen LogP contribution in [0.25, 0.3) is 0 Å². The van der Waals surface area contributed by atoms with Crippen LogP contribution < -0.4 is 10.6 Å². The summed E-state index contributed by atoms with van der Waals surface area (Å²) in [6.45, 7) is 0.825. The maximum Gasteiger partial charge on any atom is 0.254 e. The Morgan fingerprint density at radius 2 is 1.39 bits per heavy atom. The van der Waals surface area contributed by atoms with Gasteiger partial charge in [-0.3, -0.25) is 29.8 Å². The average molecular weight is 323 g/mol. The average Bonchev–Trinajstić information content (AvgIpc) is 2.93. The van der Waals surface area contributed by atoms with E-state index in [1.54, 1.807) is 0 Å². The van der Waals surface area contributed by atoms with Crippen LogP contribution >= 0.6 is 0 Å². The standard InChI is InChI=1S/C9H14N2O2.C6H7NO3/c1-11(2)5-3-4-7-6-8(12)10-9(7)13;8-2-1-4-3-5(9)7-6(4)10/h6H,3-5H2,1-2H3,(H,10,12,13);3,8H,1-2H2,(H,7,9,10). The Balaban J connectivity index is 0.000000238. The molecule has 0 saturated heterocycles. The van der Waals surface area contributed by atoms with E-state index in [0.29, 0.717) is 17.6 Å². The second kappa shape index (κ2) is 8.96. The summed E-state index contributed by atoms with van der Waals surface area (Å²) in [5.41, 5.74) is 0.958. The van der Waals surface area contributed by atoms with Crippen LogP contribution in [-0.4, -0.2) is 60.9 Å². The smallest absolute Gasteiger partial charge is 0.254 e. The Labute approximate surface area is 134 Å². The summed E-state index contributed by atoms with van der Waals surface area (Å²) in [6, 6.07) is 0. The van der Waals surface area contributed by atoms with Crippen molar-refractivity contribution in [2.45, 2.75) is 19.3 Å². The van der Waals surface area contributed by atoms with Crippen LogP contribution in [0.2, 0.25) is 0 Å². The van der Waals surface area contributed by atoms with Gasteiger partial charge in [0.1, 0.15) is 0 Å². The van der Waals surface area contributed by atoms with E-state index in [1.807, 2.05) is 14.1 Å². The molecule has 0 saturated carbocycles. The fraction of sp³-hybridized carbons (Fsp3) is 0.467. The van der Waals surface area contributed by atoms with Crippen LogP contribution in [0.3, 0.4) is 0 Å². The van der Waals surface area contributed by atoms with Crippen molar-refractivity contribution in [2.75, 3.05) is 27.2 Å². The van der Waals surface area contributed by atoms with Crippen molar-refractivity contribution in [3.8, 4) is 0 Å². The number of rotatable bonds is 6. The van der Waals surface area contributed by atoms with E-state index >= 15 is 0 Å². The molecule has 8 nitrogen and oxygen atoms in total. The SMILES string of the molecule is CN(C)CCCC1=CC(=O)NC1=O.O=C1C=C(CCO)C(=O)N1. The maximum absolute atomic E-state index is 11.0. The molecule has 0 fully saturated rings. The minimum Gasteiger partial charge on any atom is -0.396 e. The molecular weight excluding hydrogens is 302 g/mol. The zero-order valence-corrected chi connectivity index (χ0v) is 13.2. The van der Waals surface area contributed by atoms with Gasteiger partial charge in [-0.2, -0.15) is 0 Å². The summed E-state index contributed by atoms with van der Waals surface area (Å²) in [7, 11) is 3.96. The molecule has 0 bridgehead atoms. The van der Waals surface area contributed by atoms with Crippen molar-refractivity contribution >= 4 is 23.6 Å². The monoisotopic (exact) mass is 323 g/mol. The first kappa shape index (κ1) is 18.7. The number of aliphatic hydroxyl groups excluding tert-OH is 1. The van der Waals surface area contributed by atoms with Crippen LogP contribution in [0, 0.1) is 0 Å². The molecule has 2 aliphatic rings. The minimum absolute atomic E-state index is 0.105. The molecule has 0 radical (unpaired) electrons. The number of carbonyl (C=O) groups is 4. The highest BCUT2D eigenvalue weighted by molar-refractivity contribution is 6.16. The summed E-state index contributed by atoms with van der Waals surface area (Å²) in [6.07, 6.45) is 4.42. The maximum atomic E-state index is 11.0. The summed E-state index contributed by atoms with van der Waals surface area (Å²) < 4.78 is 0. The minimum atomic E-state index is -0.395. The summed E-state index contributed by atoms with van der Waals surface area (Å²) in [4.78, 5) is 45.0. The molecule has 0 aromatic rings. The molecule has 4 amide bonds. The number of hydrogen-bond acceptors (Lipinski definition) is 6. The van der Waals surface area contributed by atoms with E-state index in [9.17, 15) is 19.2 Å². The van der Waals surface area contributed by atoms with Gasteiger partial charge < -0.3 is 10.0 Å². The Kier molecular flexibility index (Phi) is 7.30. The third kappa shape index (κ3) is 6.54. The normalized spacial score (nSPS) is 16.7. The second-order valence-corrected chi connectivity index (χ2v) is 5.36. The lowest BCUT2D eigenvalue weighted by Gasteiger charge is -2.08. The fourth-order valence-electron chi connectivity index (χ4n) is 1.98. The van der Waals surface area contributed by atoms with Gasteiger partial charge in [0.25, 0.3) is 23.6 Å². The summed E-state index contributed by atoms with van der Waals surface area (Å²) in [5, 5.41) is 12.7. The van der Waals surface area contributed by atoms with Crippen LogP contribution in [-0.2, 0) is 19.2 Å². The first-order chi connectivity index (χ1) is 10.8.